The number of hydrogen-bond donors (Lipinski definition) is 3. The number of aliphatic hydroxyl groups is 2. The molecular formula is C18H20N6O6. The van der Waals surface area contributed by atoms with Crippen LogP contribution in [0.2, 0.25) is 0 Å². The van der Waals surface area contributed by atoms with Gasteiger partial charge in [0.2, 0.25) is 11.8 Å². The lowest BCUT2D eigenvalue weighted by molar-refractivity contribution is -0.385. The number of aryl methyl sites for hydroxylation is 1. The number of aromatic nitrogens is 4. The summed E-state index contributed by atoms with van der Waals surface area (Å²) in [4.78, 5) is 23.4. The number of benzene rings is 1. The van der Waals surface area contributed by atoms with E-state index in [-0.39, 0.29) is 37.2 Å². The molecule has 0 aliphatic carbocycles. The summed E-state index contributed by atoms with van der Waals surface area (Å²) in [5, 5.41) is 30.6. The molecule has 1 saturated heterocycles. The quantitative estimate of drug-likeness (QED) is 0.386. The second-order valence-corrected chi connectivity index (χ2v) is 7.00. The highest BCUT2D eigenvalue weighted by Crippen LogP contribution is 2.33. The first kappa shape index (κ1) is 19.9. The van der Waals surface area contributed by atoms with Crippen LogP contribution in [0.25, 0.3) is 11.2 Å². The van der Waals surface area contributed by atoms with Gasteiger partial charge in [-0.25, -0.2) is 4.98 Å². The van der Waals surface area contributed by atoms with Gasteiger partial charge < -0.3 is 25.4 Å². The van der Waals surface area contributed by atoms with Gasteiger partial charge in [0.15, 0.2) is 11.2 Å². The van der Waals surface area contributed by atoms with Gasteiger partial charge in [0.05, 0.1) is 29.5 Å². The minimum Gasteiger partial charge on any atom is -0.471 e. The van der Waals surface area contributed by atoms with Gasteiger partial charge in [-0.15, -0.1) is 0 Å². The van der Waals surface area contributed by atoms with Crippen LogP contribution in [0.3, 0.4) is 0 Å². The normalized spacial score (nSPS) is 21.2. The molecule has 3 heterocycles. The molecule has 4 N–H and O–H groups in total. The van der Waals surface area contributed by atoms with E-state index in [4.69, 9.17) is 15.2 Å². The molecule has 1 fully saturated rings. The van der Waals surface area contributed by atoms with Crippen molar-refractivity contribution in [3.8, 4) is 5.88 Å². The van der Waals surface area contributed by atoms with E-state index in [1.54, 1.807) is 23.6 Å². The molecule has 1 aromatic carbocycles. The molecule has 12 heteroatoms. The molecular weight excluding hydrogens is 396 g/mol. The molecule has 3 atom stereocenters. The average molecular weight is 416 g/mol. The Morgan fingerprint density at radius 3 is 2.93 bits per heavy atom. The Labute approximate surface area is 170 Å². The molecule has 2 aromatic heterocycles. The standard InChI is InChI=1S/C18H20N6O6/c1-9-2-3-10(11(4-9)24(27)28)7-29-17-15-16(21-18(19)22-17)23(8-20-15)14-5-12(26)13(6-25)30-14/h2-4,8,12-14,25-26H,5-7H2,1H3,(H2,19,21,22)/t12?,13-,14-/m1/s1. The Kier molecular flexibility index (Phi) is 5.20. The van der Waals surface area contributed by atoms with E-state index < -0.39 is 23.4 Å². The molecule has 0 radical (unpaired) electrons. The van der Waals surface area contributed by atoms with Gasteiger partial charge in [0.25, 0.3) is 5.69 Å². The number of nitro benzene ring substituents is 1. The second kappa shape index (κ2) is 7.82. The van der Waals surface area contributed by atoms with Crippen molar-refractivity contribution in [3.05, 3.63) is 45.8 Å². The predicted octanol–water partition coefficient (Wildman–Crippen LogP) is 0.845. The average Bonchev–Trinajstić information content (AvgIpc) is 3.29. The van der Waals surface area contributed by atoms with E-state index >= 15 is 0 Å². The number of nitrogens with two attached hydrogens (primary N) is 1. The maximum absolute atomic E-state index is 11.3. The van der Waals surface area contributed by atoms with E-state index in [0.717, 1.165) is 5.56 Å². The van der Waals surface area contributed by atoms with Crippen LogP contribution in [0.15, 0.2) is 24.5 Å². The minimum atomic E-state index is -0.825. The zero-order valence-corrected chi connectivity index (χ0v) is 16.0. The van der Waals surface area contributed by atoms with Crippen molar-refractivity contribution < 1.29 is 24.6 Å². The van der Waals surface area contributed by atoms with Crippen LogP contribution in [-0.4, -0.2) is 53.5 Å². The number of nitrogens with zero attached hydrogens (tertiary/aromatic N) is 5. The van der Waals surface area contributed by atoms with Gasteiger partial charge in [-0.3, -0.25) is 14.7 Å². The smallest absolute Gasteiger partial charge is 0.276 e. The first-order valence-electron chi connectivity index (χ1n) is 9.18. The summed E-state index contributed by atoms with van der Waals surface area (Å²) in [6.07, 6.45) is -0.426. The number of fused-ring (bicyclic) bond motifs is 1. The second-order valence-electron chi connectivity index (χ2n) is 7.00. The number of rotatable bonds is 6. The summed E-state index contributed by atoms with van der Waals surface area (Å²) >= 11 is 0. The molecule has 30 heavy (non-hydrogen) atoms. The number of hydrogen-bond acceptors (Lipinski definition) is 10. The Hall–Kier alpha value is -3.35. The first-order valence-corrected chi connectivity index (χ1v) is 9.18. The van der Waals surface area contributed by atoms with E-state index in [0.29, 0.717) is 16.7 Å². The molecule has 0 saturated carbocycles. The maximum atomic E-state index is 11.3. The zero-order chi connectivity index (χ0) is 21.4. The summed E-state index contributed by atoms with van der Waals surface area (Å²) in [5.74, 6) is -0.00159. The van der Waals surface area contributed by atoms with Gasteiger partial charge in [0.1, 0.15) is 18.9 Å². The highest BCUT2D eigenvalue weighted by Gasteiger charge is 2.35. The third-order valence-corrected chi connectivity index (χ3v) is 4.90. The summed E-state index contributed by atoms with van der Waals surface area (Å²) in [5.41, 5.74) is 7.53. The Morgan fingerprint density at radius 1 is 1.43 bits per heavy atom. The number of imidazole rings is 1. The molecule has 1 aliphatic rings. The van der Waals surface area contributed by atoms with Crippen molar-refractivity contribution >= 4 is 22.8 Å². The molecule has 1 unspecified atom stereocenters. The van der Waals surface area contributed by atoms with Crippen molar-refractivity contribution in [1.82, 2.24) is 19.5 Å². The zero-order valence-electron chi connectivity index (χ0n) is 16.0. The Bertz CT molecular complexity index is 1100. The first-order chi connectivity index (χ1) is 14.4. The Balaban J connectivity index is 1.64. The van der Waals surface area contributed by atoms with Crippen LogP contribution in [0.1, 0.15) is 23.8 Å². The van der Waals surface area contributed by atoms with Crippen LogP contribution in [0.5, 0.6) is 5.88 Å². The van der Waals surface area contributed by atoms with Crippen molar-refractivity contribution in [1.29, 1.82) is 0 Å². The number of nitro groups is 1. The lowest BCUT2D eigenvalue weighted by atomic mass is 10.1. The van der Waals surface area contributed by atoms with E-state index in [9.17, 15) is 20.3 Å². The van der Waals surface area contributed by atoms with Crippen molar-refractivity contribution in [2.75, 3.05) is 12.3 Å². The van der Waals surface area contributed by atoms with Gasteiger partial charge in [-0.05, 0) is 18.6 Å². The summed E-state index contributed by atoms with van der Waals surface area (Å²) in [6.45, 7) is 1.34. The van der Waals surface area contributed by atoms with E-state index in [2.05, 4.69) is 15.0 Å². The molecule has 1 aliphatic heterocycles. The minimum absolute atomic E-state index is 0.0535. The van der Waals surface area contributed by atoms with Crippen LogP contribution < -0.4 is 10.5 Å². The molecule has 158 valence electrons. The van der Waals surface area contributed by atoms with Gasteiger partial charge in [-0.1, -0.05) is 6.07 Å². The molecule has 3 aromatic rings. The number of nitrogen functional groups attached to an aromatic ring is 1. The largest absolute Gasteiger partial charge is 0.471 e. The third-order valence-electron chi connectivity index (χ3n) is 4.90. The lowest BCUT2D eigenvalue weighted by Crippen LogP contribution is -2.24. The summed E-state index contributed by atoms with van der Waals surface area (Å²) < 4.78 is 12.9. The van der Waals surface area contributed by atoms with E-state index in [1.165, 1.54) is 12.4 Å². The molecule has 0 bridgehead atoms. The third kappa shape index (κ3) is 3.63. The van der Waals surface area contributed by atoms with E-state index in [1.807, 2.05) is 0 Å². The Morgan fingerprint density at radius 2 is 2.23 bits per heavy atom. The molecule has 0 amide bonds. The number of ether oxygens (including phenoxy) is 2. The van der Waals surface area contributed by atoms with Crippen molar-refractivity contribution in [2.45, 2.75) is 38.4 Å². The molecule has 4 rings (SSSR count). The van der Waals surface area contributed by atoms with Crippen LogP contribution in [0, 0.1) is 17.0 Å². The van der Waals surface area contributed by atoms with Gasteiger partial charge >= 0.3 is 0 Å². The summed E-state index contributed by atoms with van der Waals surface area (Å²) in [7, 11) is 0. The van der Waals surface area contributed by atoms with Gasteiger partial charge in [0, 0.05) is 12.5 Å². The van der Waals surface area contributed by atoms with Crippen LogP contribution in [-0.2, 0) is 11.3 Å². The van der Waals surface area contributed by atoms with Crippen LogP contribution in [0.4, 0.5) is 11.6 Å². The topological polar surface area (TPSA) is 172 Å². The van der Waals surface area contributed by atoms with Crippen LogP contribution >= 0.6 is 0 Å². The van der Waals surface area contributed by atoms with Crippen molar-refractivity contribution in [3.63, 3.8) is 0 Å². The lowest BCUT2D eigenvalue weighted by Gasteiger charge is -2.14. The monoisotopic (exact) mass is 416 g/mol. The fourth-order valence-corrected chi connectivity index (χ4v) is 3.38. The summed E-state index contributed by atoms with van der Waals surface area (Å²) in [6, 6.07) is 4.85. The van der Waals surface area contributed by atoms with Gasteiger partial charge in [-0.2, -0.15) is 9.97 Å². The number of aliphatic hydroxyl groups excluding tert-OH is 2. The maximum Gasteiger partial charge on any atom is 0.276 e. The highest BCUT2D eigenvalue weighted by atomic mass is 16.6. The van der Waals surface area contributed by atoms with Crippen molar-refractivity contribution in [2.24, 2.45) is 0 Å². The fraction of sp³-hybridized carbons (Fsp3) is 0.389. The fourth-order valence-electron chi connectivity index (χ4n) is 3.38. The SMILES string of the molecule is Cc1ccc(COc2nc(N)nc3c2ncn3[C@H]2CC(O)[C@@H](CO)O2)c([N+](=O)[O-])c1. The molecule has 0 spiro atoms. The number of anilines is 1. The highest BCUT2D eigenvalue weighted by molar-refractivity contribution is 5.77. The molecule has 12 nitrogen and oxygen atoms in total. The predicted molar refractivity (Wildman–Crippen MR) is 104 cm³/mol.